The number of aromatic hydroxyl groups is 1. The number of rotatable bonds is 2. The van der Waals surface area contributed by atoms with Crippen molar-refractivity contribution in [1.82, 2.24) is 9.80 Å². The van der Waals surface area contributed by atoms with Gasteiger partial charge < -0.3 is 10.0 Å². The predicted octanol–water partition coefficient (Wildman–Crippen LogP) is 2.16. The van der Waals surface area contributed by atoms with Crippen molar-refractivity contribution in [3.8, 4) is 5.75 Å². The molecule has 1 aliphatic rings. The highest BCUT2D eigenvalue weighted by Gasteiger charge is 2.34. The zero-order chi connectivity index (χ0) is 14.0. The first-order valence-corrected chi connectivity index (χ1v) is 6.16. The summed E-state index contributed by atoms with van der Waals surface area (Å²) in [6, 6.07) is 3.70. The third kappa shape index (κ3) is 3.61. The van der Waals surface area contributed by atoms with Crippen molar-refractivity contribution >= 4 is 0 Å². The van der Waals surface area contributed by atoms with Crippen LogP contribution in [0.1, 0.15) is 11.1 Å². The van der Waals surface area contributed by atoms with E-state index in [4.69, 9.17) is 0 Å². The molecule has 0 aliphatic carbocycles. The van der Waals surface area contributed by atoms with Gasteiger partial charge in [0.2, 0.25) is 0 Å². The monoisotopic (exact) mass is 274 g/mol. The van der Waals surface area contributed by atoms with Gasteiger partial charge in [-0.2, -0.15) is 13.2 Å². The second-order valence-corrected chi connectivity index (χ2v) is 4.93. The average Bonchev–Trinajstić information content (AvgIpc) is 2.33. The molecule has 106 valence electrons. The molecule has 0 unspecified atom stereocenters. The first-order chi connectivity index (χ1) is 8.86. The van der Waals surface area contributed by atoms with Gasteiger partial charge in [0.15, 0.2) is 0 Å². The average molecular weight is 274 g/mol. The van der Waals surface area contributed by atoms with Crippen LogP contribution in [0, 0.1) is 0 Å². The van der Waals surface area contributed by atoms with Crippen LogP contribution in [0.25, 0.3) is 0 Å². The minimum absolute atomic E-state index is 0.483. The van der Waals surface area contributed by atoms with Crippen LogP contribution in [0.15, 0.2) is 18.2 Å². The molecule has 19 heavy (non-hydrogen) atoms. The van der Waals surface area contributed by atoms with E-state index in [0.717, 1.165) is 38.3 Å². The van der Waals surface area contributed by atoms with Crippen LogP contribution in [0.4, 0.5) is 13.2 Å². The van der Waals surface area contributed by atoms with E-state index in [0.29, 0.717) is 12.1 Å². The molecule has 0 spiro atoms. The van der Waals surface area contributed by atoms with E-state index >= 15 is 0 Å². The third-order valence-corrected chi connectivity index (χ3v) is 3.37. The topological polar surface area (TPSA) is 26.7 Å². The second kappa shape index (κ2) is 5.38. The summed E-state index contributed by atoms with van der Waals surface area (Å²) in [6.07, 6.45) is -4.51. The van der Waals surface area contributed by atoms with Crippen LogP contribution < -0.4 is 0 Å². The van der Waals surface area contributed by atoms with Gasteiger partial charge in [-0.15, -0.1) is 0 Å². The summed E-state index contributed by atoms with van der Waals surface area (Å²) in [5.41, 5.74) is -0.381. The van der Waals surface area contributed by atoms with E-state index in [1.807, 2.05) is 7.05 Å². The summed E-state index contributed by atoms with van der Waals surface area (Å²) in [7, 11) is 2.03. The number of hydrogen-bond donors (Lipinski definition) is 1. The van der Waals surface area contributed by atoms with Crippen molar-refractivity contribution in [1.29, 1.82) is 0 Å². The number of hydrogen-bond acceptors (Lipinski definition) is 3. The molecule has 0 radical (unpaired) electrons. The zero-order valence-corrected chi connectivity index (χ0v) is 10.7. The lowest BCUT2D eigenvalue weighted by Crippen LogP contribution is -2.43. The fourth-order valence-electron chi connectivity index (χ4n) is 2.17. The Labute approximate surface area is 110 Å². The van der Waals surface area contributed by atoms with Gasteiger partial charge in [-0.25, -0.2) is 0 Å². The predicted molar refractivity (Wildman–Crippen MR) is 65.9 cm³/mol. The molecule has 1 fully saturated rings. The second-order valence-electron chi connectivity index (χ2n) is 4.93. The largest absolute Gasteiger partial charge is 0.507 e. The first-order valence-electron chi connectivity index (χ1n) is 6.16. The Bertz CT molecular complexity index is 440. The SMILES string of the molecule is CN1CCN(Cc2ccc(O)c(C(F)(F)F)c2)CC1. The third-order valence-electron chi connectivity index (χ3n) is 3.37. The molecule has 1 aromatic rings. The molecule has 1 aliphatic heterocycles. The maximum absolute atomic E-state index is 12.7. The van der Waals surface area contributed by atoms with Crippen LogP contribution in [-0.4, -0.2) is 48.1 Å². The lowest BCUT2D eigenvalue weighted by atomic mass is 10.1. The van der Waals surface area contributed by atoms with E-state index in [1.54, 1.807) is 6.07 Å². The smallest absolute Gasteiger partial charge is 0.419 e. The molecule has 0 amide bonds. The zero-order valence-electron chi connectivity index (χ0n) is 10.7. The molecule has 1 saturated heterocycles. The van der Waals surface area contributed by atoms with Crippen molar-refractivity contribution in [2.75, 3.05) is 33.2 Å². The minimum Gasteiger partial charge on any atom is -0.507 e. The van der Waals surface area contributed by atoms with Crippen molar-refractivity contribution in [3.05, 3.63) is 29.3 Å². The van der Waals surface area contributed by atoms with E-state index in [1.165, 1.54) is 0 Å². The lowest BCUT2D eigenvalue weighted by Gasteiger charge is -2.32. The molecule has 0 bridgehead atoms. The maximum Gasteiger partial charge on any atom is 0.419 e. The fourth-order valence-corrected chi connectivity index (χ4v) is 2.17. The van der Waals surface area contributed by atoms with Gasteiger partial charge in [0, 0.05) is 32.7 Å². The van der Waals surface area contributed by atoms with Gasteiger partial charge in [0.1, 0.15) is 5.75 Å². The number of phenolic OH excluding ortho intramolecular Hbond substituents is 1. The number of phenols is 1. The number of benzene rings is 1. The molecule has 0 atom stereocenters. The Balaban J connectivity index is 2.09. The molecule has 0 saturated carbocycles. The standard InChI is InChI=1S/C13H17F3N2O/c1-17-4-6-18(7-5-17)9-10-2-3-12(19)11(8-10)13(14,15)16/h2-3,8,19H,4-7,9H2,1H3. The number of piperazine rings is 1. The van der Waals surface area contributed by atoms with Crippen LogP contribution >= 0.6 is 0 Å². The van der Waals surface area contributed by atoms with Gasteiger partial charge in [0.05, 0.1) is 5.56 Å². The lowest BCUT2D eigenvalue weighted by molar-refractivity contribution is -0.138. The molecular formula is C13H17F3N2O. The molecule has 2 rings (SSSR count). The van der Waals surface area contributed by atoms with Gasteiger partial charge in [-0.1, -0.05) is 6.07 Å². The first kappa shape index (κ1) is 14.1. The fraction of sp³-hybridized carbons (Fsp3) is 0.538. The van der Waals surface area contributed by atoms with Crippen molar-refractivity contribution in [3.63, 3.8) is 0 Å². The highest BCUT2D eigenvalue weighted by Crippen LogP contribution is 2.36. The summed E-state index contributed by atoms with van der Waals surface area (Å²) < 4.78 is 38.0. The van der Waals surface area contributed by atoms with E-state index in [2.05, 4.69) is 9.80 Å². The van der Waals surface area contributed by atoms with Crippen LogP contribution in [0.3, 0.4) is 0 Å². The van der Waals surface area contributed by atoms with Crippen LogP contribution in [0.5, 0.6) is 5.75 Å². The van der Waals surface area contributed by atoms with Crippen LogP contribution in [-0.2, 0) is 12.7 Å². The van der Waals surface area contributed by atoms with Gasteiger partial charge in [-0.05, 0) is 24.7 Å². The molecule has 1 N–H and O–H groups in total. The summed E-state index contributed by atoms with van der Waals surface area (Å²) in [6.45, 7) is 4.02. The Morgan fingerprint density at radius 3 is 2.37 bits per heavy atom. The number of nitrogens with zero attached hydrogens (tertiary/aromatic N) is 2. The summed E-state index contributed by atoms with van der Waals surface area (Å²) in [5.74, 6) is -0.713. The molecule has 3 nitrogen and oxygen atoms in total. The molecule has 1 heterocycles. The number of likely N-dealkylation sites (N-methyl/N-ethyl adjacent to an activating group) is 1. The van der Waals surface area contributed by atoms with Gasteiger partial charge in [0.25, 0.3) is 0 Å². The van der Waals surface area contributed by atoms with Gasteiger partial charge in [-0.3, -0.25) is 4.90 Å². The normalized spacial score (nSPS) is 18.7. The van der Waals surface area contributed by atoms with Crippen molar-refractivity contribution in [2.45, 2.75) is 12.7 Å². The van der Waals surface area contributed by atoms with Crippen molar-refractivity contribution in [2.24, 2.45) is 0 Å². The molecule has 6 heteroatoms. The minimum atomic E-state index is -4.51. The van der Waals surface area contributed by atoms with Crippen LogP contribution in [0.2, 0.25) is 0 Å². The summed E-state index contributed by atoms with van der Waals surface area (Å²) >= 11 is 0. The molecular weight excluding hydrogens is 257 g/mol. The van der Waals surface area contributed by atoms with E-state index < -0.39 is 17.5 Å². The Morgan fingerprint density at radius 2 is 1.79 bits per heavy atom. The Morgan fingerprint density at radius 1 is 1.16 bits per heavy atom. The highest BCUT2D eigenvalue weighted by atomic mass is 19.4. The number of alkyl halides is 3. The Hall–Kier alpha value is -1.27. The van der Waals surface area contributed by atoms with E-state index in [-0.39, 0.29) is 0 Å². The quantitative estimate of drug-likeness (QED) is 0.895. The molecule has 0 aromatic heterocycles. The van der Waals surface area contributed by atoms with Crippen molar-refractivity contribution < 1.29 is 18.3 Å². The molecule has 1 aromatic carbocycles. The van der Waals surface area contributed by atoms with E-state index in [9.17, 15) is 18.3 Å². The highest BCUT2D eigenvalue weighted by molar-refractivity contribution is 5.38. The maximum atomic E-state index is 12.7. The Kier molecular flexibility index (Phi) is 4.01. The van der Waals surface area contributed by atoms with Gasteiger partial charge >= 0.3 is 6.18 Å². The number of halogens is 3. The summed E-state index contributed by atoms with van der Waals surface area (Å²) in [5, 5.41) is 9.27. The summed E-state index contributed by atoms with van der Waals surface area (Å²) in [4.78, 5) is 4.31.